The Morgan fingerprint density at radius 3 is 2.63 bits per heavy atom. The largest absolute Gasteiger partial charge is 0.494 e. The van der Waals surface area contributed by atoms with Gasteiger partial charge in [0, 0.05) is 30.1 Å². The lowest BCUT2D eigenvalue weighted by Gasteiger charge is -2.25. The third-order valence-electron chi connectivity index (χ3n) is 4.28. The van der Waals surface area contributed by atoms with Crippen molar-refractivity contribution >= 4 is 28.2 Å². The van der Waals surface area contributed by atoms with Gasteiger partial charge in [-0.1, -0.05) is 30.3 Å². The highest BCUT2D eigenvalue weighted by atomic mass is 32.1. The summed E-state index contributed by atoms with van der Waals surface area (Å²) in [5, 5.41) is 4.55. The number of thiocarbonyl (C=S) groups is 1. The molecule has 0 aliphatic carbocycles. The van der Waals surface area contributed by atoms with Crippen LogP contribution in [-0.4, -0.2) is 28.7 Å². The molecule has 2 N–H and O–H groups in total. The van der Waals surface area contributed by atoms with Gasteiger partial charge in [0.05, 0.1) is 13.2 Å². The van der Waals surface area contributed by atoms with Gasteiger partial charge in [-0.3, -0.25) is 4.79 Å². The first-order valence-corrected chi connectivity index (χ1v) is 9.31. The van der Waals surface area contributed by atoms with Crippen LogP contribution in [0.4, 0.5) is 0 Å². The number of aromatic amines is 1. The summed E-state index contributed by atoms with van der Waals surface area (Å²) in [7, 11) is 1.79. The molecular formula is C21H23N3O2S. The molecule has 3 aromatic rings. The molecule has 0 aliphatic rings. The number of fused-ring (bicyclic) bond motifs is 1. The van der Waals surface area contributed by atoms with Gasteiger partial charge in [0.15, 0.2) is 5.11 Å². The van der Waals surface area contributed by atoms with Crippen molar-refractivity contribution in [3.05, 3.63) is 76.1 Å². The molecule has 5 nitrogen and oxygen atoms in total. The SMILES string of the molecule is CCOc1ccc2[nH]c(=O)c(CN(Cc3ccccc3)C(=S)NC)cc2c1. The van der Waals surface area contributed by atoms with Crippen LogP contribution in [0.3, 0.4) is 0 Å². The van der Waals surface area contributed by atoms with E-state index in [4.69, 9.17) is 17.0 Å². The van der Waals surface area contributed by atoms with E-state index in [1.807, 2.05) is 66.4 Å². The van der Waals surface area contributed by atoms with Crippen LogP contribution < -0.4 is 15.6 Å². The maximum Gasteiger partial charge on any atom is 0.253 e. The number of nitrogens with one attached hydrogen (secondary N) is 2. The summed E-state index contributed by atoms with van der Waals surface area (Å²) in [4.78, 5) is 17.5. The van der Waals surface area contributed by atoms with E-state index in [2.05, 4.69) is 10.3 Å². The standard InChI is InChI=1S/C21H23N3O2S/c1-3-26-18-9-10-19-16(12-18)11-17(20(25)23-19)14-24(21(27)22-2)13-15-7-5-4-6-8-15/h4-12H,3,13-14H2,1-2H3,(H,22,27)(H,23,25). The Balaban J connectivity index is 1.92. The van der Waals surface area contributed by atoms with Gasteiger partial charge in [-0.2, -0.15) is 0 Å². The van der Waals surface area contributed by atoms with Crippen LogP contribution in [0, 0.1) is 0 Å². The molecule has 0 saturated carbocycles. The smallest absolute Gasteiger partial charge is 0.253 e. The minimum atomic E-state index is -0.108. The Labute approximate surface area is 164 Å². The van der Waals surface area contributed by atoms with E-state index in [0.717, 1.165) is 22.2 Å². The summed E-state index contributed by atoms with van der Waals surface area (Å²) in [6.07, 6.45) is 0. The van der Waals surface area contributed by atoms with Crippen LogP contribution >= 0.6 is 12.2 Å². The number of benzene rings is 2. The minimum Gasteiger partial charge on any atom is -0.494 e. The molecule has 3 rings (SSSR count). The summed E-state index contributed by atoms with van der Waals surface area (Å²) in [6, 6.07) is 17.6. The van der Waals surface area contributed by atoms with E-state index in [9.17, 15) is 4.79 Å². The molecule has 0 amide bonds. The quantitative estimate of drug-likeness (QED) is 0.641. The van der Waals surface area contributed by atoms with E-state index >= 15 is 0 Å². The van der Waals surface area contributed by atoms with Crippen LogP contribution in [-0.2, 0) is 13.1 Å². The van der Waals surface area contributed by atoms with Gasteiger partial charge in [-0.25, -0.2) is 0 Å². The van der Waals surface area contributed by atoms with Crippen LogP contribution in [0.25, 0.3) is 10.9 Å². The second-order valence-corrected chi connectivity index (χ2v) is 6.59. The molecule has 0 bridgehead atoms. The second-order valence-electron chi connectivity index (χ2n) is 6.20. The van der Waals surface area contributed by atoms with E-state index < -0.39 is 0 Å². The van der Waals surface area contributed by atoms with Crippen molar-refractivity contribution in [1.29, 1.82) is 0 Å². The van der Waals surface area contributed by atoms with E-state index in [1.165, 1.54) is 0 Å². The topological polar surface area (TPSA) is 57.4 Å². The summed E-state index contributed by atoms with van der Waals surface area (Å²) in [5.74, 6) is 0.787. The number of hydrogen-bond donors (Lipinski definition) is 2. The van der Waals surface area contributed by atoms with Gasteiger partial charge in [0.2, 0.25) is 0 Å². The Kier molecular flexibility index (Phi) is 6.08. The Morgan fingerprint density at radius 1 is 1.15 bits per heavy atom. The van der Waals surface area contributed by atoms with Crippen LogP contribution in [0.5, 0.6) is 5.75 Å². The number of pyridine rings is 1. The van der Waals surface area contributed by atoms with Crippen LogP contribution in [0.15, 0.2) is 59.4 Å². The molecule has 27 heavy (non-hydrogen) atoms. The molecule has 140 valence electrons. The summed E-state index contributed by atoms with van der Waals surface area (Å²) >= 11 is 5.45. The van der Waals surface area contributed by atoms with Gasteiger partial charge in [0.1, 0.15) is 5.75 Å². The average Bonchev–Trinajstić information content (AvgIpc) is 2.68. The predicted octanol–water partition coefficient (Wildman–Crippen LogP) is 3.43. The molecule has 0 saturated heterocycles. The lowest BCUT2D eigenvalue weighted by molar-refractivity contribution is 0.340. The van der Waals surface area contributed by atoms with Gasteiger partial charge < -0.3 is 19.9 Å². The van der Waals surface area contributed by atoms with Gasteiger partial charge in [-0.05, 0) is 49.0 Å². The third kappa shape index (κ3) is 4.65. The third-order valence-corrected chi connectivity index (χ3v) is 4.74. The minimum absolute atomic E-state index is 0.108. The molecule has 0 aliphatic heterocycles. The molecular weight excluding hydrogens is 358 g/mol. The molecule has 0 radical (unpaired) electrons. The first-order chi connectivity index (χ1) is 13.1. The Hall–Kier alpha value is -2.86. The molecule has 6 heteroatoms. The fourth-order valence-electron chi connectivity index (χ4n) is 2.97. The zero-order chi connectivity index (χ0) is 19.2. The first kappa shape index (κ1) is 18.9. The predicted molar refractivity (Wildman–Crippen MR) is 113 cm³/mol. The summed E-state index contributed by atoms with van der Waals surface area (Å²) < 4.78 is 5.57. The highest BCUT2D eigenvalue weighted by Crippen LogP contribution is 2.20. The number of rotatable bonds is 6. The average molecular weight is 382 g/mol. The molecule has 0 atom stereocenters. The number of nitrogens with zero attached hydrogens (tertiary/aromatic N) is 1. The lowest BCUT2D eigenvalue weighted by Crippen LogP contribution is -2.38. The Morgan fingerprint density at radius 2 is 1.93 bits per heavy atom. The number of ether oxygens (including phenoxy) is 1. The van der Waals surface area contributed by atoms with Crippen molar-refractivity contribution in [2.24, 2.45) is 0 Å². The van der Waals surface area contributed by atoms with E-state index in [1.54, 1.807) is 7.05 Å². The Bertz CT molecular complexity index is 986. The summed E-state index contributed by atoms with van der Waals surface area (Å²) in [5.41, 5.74) is 2.47. The van der Waals surface area contributed by atoms with E-state index in [-0.39, 0.29) is 5.56 Å². The van der Waals surface area contributed by atoms with Crippen LogP contribution in [0.2, 0.25) is 0 Å². The summed E-state index contributed by atoms with van der Waals surface area (Å²) in [6.45, 7) is 3.58. The van der Waals surface area contributed by atoms with Crippen molar-refractivity contribution in [2.45, 2.75) is 20.0 Å². The molecule has 0 fully saturated rings. The highest BCUT2D eigenvalue weighted by molar-refractivity contribution is 7.80. The molecule has 1 aromatic heterocycles. The van der Waals surface area contributed by atoms with Crippen molar-refractivity contribution in [3.63, 3.8) is 0 Å². The van der Waals surface area contributed by atoms with Crippen molar-refractivity contribution in [3.8, 4) is 5.75 Å². The van der Waals surface area contributed by atoms with Crippen molar-refractivity contribution < 1.29 is 4.74 Å². The van der Waals surface area contributed by atoms with Crippen molar-refractivity contribution in [2.75, 3.05) is 13.7 Å². The first-order valence-electron chi connectivity index (χ1n) is 8.90. The molecule has 0 unspecified atom stereocenters. The van der Waals surface area contributed by atoms with Gasteiger partial charge in [0.25, 0.3) is 5.56 Å². The number of hydrogen-bond acceptors (Lipinski definition) is 3. The van der Waals surface area contributed by atoms with Crippen molar-refractivity contribution in [1.82, 2.24) is 15.2 Å². The maximum absolute atomic E-state index is 12.6. The molecule has 1 heterocycles. The number of aromatic nitrogens is 1. The van der Waals surface area contributed by atoms with Gasteiger partial charge >= 0.3 is 0 Å². The molecule has 2 aromatic carbocycles. The number of H-pyrrole nitrogens is 1. The van der Waals surface area contributed by atoms with E-state index in [0.29, 0.717) is 30.4 Å². The highest BCUT2D eigenvalue weighted by Gasteiger charge is 2.13. The van der Waals surface area contributed by atoms with Gasteiger partial charge in [-0.15, -0.1) is 0 Å². The van der Waals surface area contributed by atoms with Crippen LogP contribution in [0.1, 0.15) is 18.1 Å². The monoisotopic (exact) mass is 381 g/mol. The fourth-order valence-corrected chi connectivity index (χ4v) is 3.10. The molecule has 0 spiro atoms. The zero-order valence-electron chi connectivity index (χ0n) is 15.5. The lowest BCUT2D eigenvalue weighted by atomic mass is 10.1. The normalized spacial score (nSPS) is 10.6. The zero-order valence-corrected chi connectivity index (χ0v) is 16.3. The second kappa shape index (κ2) is 8.68. The maximum atomic E-state index is 12.6. The fraction of sp³-hybridized carbons (Fsp3) is 0.238.